The summed E-state index contributed by atoms with van der Waals surface area (Å²) in [4.78, 5) is 0. The summed E-state index contributed by atoms with van der Waals surface area (Å²) in [5.41, 5.74) is 0. The van der Waals surface area contributed by atoms with E-state index in [4.69, 9.17) is 17.5 Å². The largest absolute Gasteiger partial charge is 0.394 e. The van der Waals surface area contributed by atoms with Crippen molar-refractivity contribution in [3.05, 3.63) is 0 Å². The fourth-order valence-corrected chi connectivity index (χ4v) is 0. The topological polar surface area (TPSA) is 74.6 Å². The summed E-state index contributed by atoms with van der Waals surface area (Å²) in [5.74, 6) is 0. The van der Waals surface area contributed by atoms with Crippen molar-refractivity contribution in [1.82, 2.24) is 0 Å². The molecular formula is H2Nb2O4STi. The Hall–Kier alpha value is 2.06. The second kappa shape index (κ2) is 9.06. The molecular weight excluding hydrogens is 330 g/mol. The molecule has 0 aliphatic heterocycles. The van der Waals surface area contributed by atoms with Crippen LogP contribution in [0.3, 0.4) is 0 Å². The van der Waals surface area contributed by atoms with Crippen LogP contribution in [0.5, 0.6) is 0 Å². The van der Waals surface area contributed by atoms with Crippen LogP contribution in [0, 0.1) is 0 Å². The Morgan fingerprint density at radius 2 is 1.00 bits per heavy atom. The summed E-state index contributed by atoms with van der Waals surface area (Å²) in [5, 5.41) is 0. The van der Waals surface area contributed by atoms with Gasteiger partial charge < -0.3 is 0 Å². The van der Waals surface area contributed by atoms with E-state index < -0.39 is 10.4 Å². The molecule has 0 aliphatic carbocycles. The molecule has 2 radical (unpaired) electrons. The van der Waals surface area contributed by atoms with Gasteiger partial charge in [-0.3, -0.25) is 9.11 Å². The zero-order valence-corrected chi connectivity index (χ0v) is 10.3. The molecule has 0 amide bonds. The van der Waals surface area contributed by atoms with Gasteiger partial charge in [0.2, 0.25) is 0 Å². The Bertz CT molecular complexity index is 97.2. The van der Waals surface area contributed by atoms with Crippen molar-refractivity contribution < 1.29 is 84.0 Å². The molecule has 2 N–H and O–H groups in total. The van der Waals surface area contributed by atoms with E-state index in [0.717, 1.165) is 0 Å². The third kappa shape index (κ3) is 94.4. The summed E-state index contributed by atoms with van der Waals surface area (Å²) in [6, 6.07) is 0. The average molecular weight is 332 g/mol. The Kier molecular flexibility index (Phi) is 25.5. The Labute approximate surface area is 93.3 Å². The van der Waals surface area contributed by atoms with E-state index >= 15 is 0 Å². The molecule has 0 atom stereocenters. The van der Waals surface area contributed by atoms with Gasteiger partial charge in [0.15, 0.2) is 0 Å². The van der Waals surface area contributed by atoms with Crippen LogP contribution >= 0.6 is 0 Å². The second-order valence-corrected chi connectivity index (χ2v) is 1.34. The van der Waals surface area contributed by atoms with Crippen LogP contribution in [0.25, 0.3) is 0 Å². The normalized spacial score (nSPS) is 7.25. The van der Waals surface area contributed by atoms with Gasteiger partial charge in [-0.2, -0.15) is 8.42 Å². The van der Waals surface area contributed by atoms with E-state index in [1.807, 2.05) is 0 Å². The quantitative estimate of drug-likeness (QED) is 0.456. The summed E-state index contributed by atoms with van der Waals surface area (Å²) >= 11 is 0. The number of rotatable bonds is 0. The minimum Gasteiger partial charge on any atom is -0.264 e. The van der Waals surface area contributed by atoms with Crippen molar-refractivity contribution >= 4 is 10.4 Å². The van der Waals surface area contributed by atoms with E-state index in [1.165, 1.54) is 0 Å². The zero-order chi connectivity index (χ0) is 4.50. The van der Waals surface area contributed by atoms with Gasteiger partial charge in [0.25, 0.3) is 0 Å². The van der Waals surface area contributed by atoms with Crippen molar-refractivity contribution in [2.75, 3.05) is 0 Å². The van der Waals surface area contributed by atoms with Crippen LogP contribution in [-0.2, 0) is 76.9 Å². The zero-order valence-electron chi connectivity index (χ0n) is 3.51. The van der Waals surface area contributed by atoms with Gasteiger partial charge in [-0.25, -0.2) is 0 Å². The number of hydrogen-bond donors (Lipinski definition) is 2. The number of hydrogen-bond acceptors (Lipinski definition) is 2. The average Bonchev–Trinajstić information content (AvgIpc) is 0.722. The van der Waals surface area contributed by atoms with Crippen LogP contribution in [0.4, 0.5) is 0 Å². The van der Waals surface area contributed by atoms with Crippen molar-refractivity contribution in [3.63, 3.8) is 0 Å². The maximum atomic E-state index is 8.74. The third-order valence-electron chi connectivity index (χ3n) is 0. The molecule has 0 spiro atoms. The third-order valence-corrected chi connectivity index (χ3v) is 0. The van der Waals surface area contributed by atoms with Gasteiger partial charge in [-0.15, -0.1) is 0 Å². The van der Waals surface area contributed by atoms with Crippen LogP contribution in [0.2, 0.25) is 0 Å². The summed E-state index contributed by atoms with van der Waals surface area (Å²) in [7, 11) is -4.67. The molecule has 4 nitrogen and oxygen atoms in total. The fraction of sp³-hybridized carbons (Fsp3) is 0. The molecule has 0 unspecified atom stereocenters. The predicted molar refractivity (Wildman–Crippen MR) is 14.2 cm³/mol. The maximum Gasteiger partial charge on any atom is 0.394 e. The molecule has 0 rings (SSSR count). The molecule has 8 heavy (non-hydrogen) atoms. The van der Waals surface area contributed by atoms with Crippen LogP contribution in [-0.4, -0.2) is 17.5 Å². The van der Waals surface area contributed by atoms with Crippen molar-refractivity contribution in [1.29, 1.82) is 0 Å². The van der Waals surface area contributed by atoms with Gasteiger partial charge in [-0.05, 0) is 0 Å². The van der Waals surface area contributed by atoms with E-state index in [0.29, 0.717) is 0 Å². The Morgan fingerprint density at radius 3 is 1.00 bits per heavy atom. The van der Waals surface area contributed by atoms with Gasteiger partial charge >= 0.3 is 10.4 Å². The van der Waals surface area contributed by atoms with Crippen LogP contribution < -0.4 is 0 Å². The van der Waals surface area contributed by atoms with E-state index in [-0.39, 0.29) is 66.5 Å². The Morgan fingerprint density at radius 1 is 1.00 bits per heavy atom. The minimum absolute atomic E-state index is 0. The van der Waals surface area contributed by atoms with Crippen molar-refractivity contribution in [3.8, 4) is 0 Å². The molecule has 0 saturated heterocycles. The molecule has 0 bridgehead atoms. The first-order chi connectivity index (χ1) is 2.00. The first-order valence-electron chi connectivity index (χ1n) is 0.698. The van der Waals surface area contributed by atoms with Crippen LogP contribution in [0.1, 0.15) is 0 Å². The molecule has 0 saturated carbocycles. The summed E-state index contributed by atoms with van der Waals surface area (Å²) < 4.78 is 31.6. The predicted octanol–water partition coefficient (Wildman–Crippen LogP) is -0.660. The molecule has 0 aromatic rings. The first kappa shape index (κ1) is 22.5. The summed E-state index contributed by atoms with van der Waals surface area (Å²) in [6.45, 7) is 0. The SMILES string of the molecule is O=S(=O)(O)O.[Nb].[Nb].[Ti]. The monoisotopic (exact) mass is 332 g/mol. The van der Waals surface area contributed by atoms with Crippen molar-refractivity contribution in [2.45, 2.75) is 0 Å². The van der Waals surface area contributed by atoms with Gasteiger partial charge in [-0.1, -0.05) is 0 Å². The maximum absolute atomic E-state index is 8.74. The fourth-order valence-electron chi connectivity index (χ4n) is 0. The molecule has 0 aliphatic rings. The standard InChI is InChI=1S/2Nb.H2O4S.Ti/c;;1-5(2,3)4;/h;;(H2,1,2,3,4);. The van der Waals surface area contributed by atoms with E-state index in [2.05, 4.69) is 0 Å². The molecule has 0 aromatic heterocycles. The minimum atomic E-state index is -4.67. The Balaban J connectivity index is -0.0000000267. The van der Waals surface area contributed by atoms with Gasteiger partial charge in [0, 0.05) is 66.5 Å². The molecule has 8 heteroatoms. The first-order valence-corrected chi connectivity index (χ1v) is 2.10. The molecule has 0 heterocycles. The molecule has 0 fully saturated rings. The summed E-state index contributed by atoms with van der Waals surface area (Å²) in [6.07, 6.45) is 0. The van der Waals surface area contributed by atoms with Gasteiger partial charge in [0.05, 0.1) is 0 Å². The smallest absolute Gasteiger partial charge is 0.264 e. The van der Waals surface area contributed by atoms with E-state index in [1.54, 1.807) is 0 Å². The molecule has 46 valence electrons. The van der Waals surface area contributed by atoms with Crippen molar-refractivity contribution in [2.24, 2.45) is 0 Å². The van der Waals surface area contributed by atoms with Crippen LogP contribution in [0.15, 0.2) is 0 Å². The molecule has 0 aromatic carbocycles. The second-order valence-electron chi connectivity index (χ2n) is 0.448. The van der Waals surface area contributed by atoms with Gasteiger partial charge in [0.1, 0.15) is 0 Å². The van der Waals surface area contributed by atoms with E-state index in [9.17, 15) is 0 Å².